The Labute approximate surface area is 116 Å². The minimum Gasteiger partial charge on any atom is -0.345 e. The second kappa shape index (κ2) is 5.74. The Hall–Kier alpha value is -1.35. The lowest BCUT2D eigenvalue weighted by Gasteiger charge is -2.30. The van der Waals surface area contributed by atoms with Crippen LogP contribution in [0.15, 0.2) is 12.1 Å². The van der Waals surface area contributed by atoms with E-state index in [0.717, 1.165) is 26.1 Å². The third-order valence-electron chi connectivity index (χ3n) is 4.39. The van der Waals surface area contributed by atoms with Crippen LogP contribution < -0.4 is 5.32 Å². The number of aryl methyl sites for hydroxylation is 1. The first-order valence-electron chi connectivity index (χ1n) is 7.02. The van der Waals surface area contributed by atoms with Gasteiger partial charge in [0.25, 0.3) is 0 Å². The maximum atomic E-state index is 12.0. The summed E-state index contributed by atoms with van der Waals surface area (Å²) in [5, 5.41) is 3.15. The number of nitrogens with zero attached hydrogens (tertiary/aromatic N) is 1. The molecular formula is C16H24N2O. The number of rotatable bonds is 4. The molecule has 1 heterocycles. The molecule has 0 unspecified atom stereocenters. The molecule has 1 fully saturated rings. The molecule has 0 saturated carbocycles. The molecule has 1 aromatic carbocycles. The lowest BCUT2D eigenvalue weighted by atomic mass is 9.96. The monoisotopic (exact) mass is 260 g/mol. The van der Waals surface area contributed by atoms with Gasteiger partial charge in [0.1, 0.15) is 0 Å². The van der Waals surface area contributed by atoms with Gasteiger partial charge in [0.05, 0.1) is 5.92 Å². The van der Waals surface area contributed by atoms with Gasteiger partial charge in [-0.1, -0.05) is 12.1 Å². The number of benzene rings is 1. The Bertz CT molecular complexity index is 478. The number of amides is 1. The van der Waals surface area contributed by atoms with Crippen LogP contribution in [0.3, 0.4) is 0 Å². The Kier molecular flexibility index (Phi) is 4.25. The fourth-order valence-corrected chi connectivity index (χ4v) is 2.46. The van der Waals surface area contributed by atoms with E-state index in [-0.39, 0.29) is 11.8 Å². The standard InChI is InChI=1S/C16H24N2O/c1-11-5-6-14(13(3)12(11)2)7-8-18(4)16(19)15-9-17-10-15/h5-6,15,17H,7-10H2,1-4H3. The minimum absolute atomic E-state index is 0.200. The van der Waals surface area contributed by atoms with E-state index in [1.165, 1.54) is 22.3 Å². The Balaban J connectivity index is 1.95. The molecule has 1 aliphatic heterocycles. The third-order valence-corrected chi connectivity index (χ3v) is 4.39. The summed E-state index contributed by atoms with van der Waals surface area (Å²) >= 11 is 0. The molecule has 1 saturated heterocycles. The van der Waals surface area contributed by atoms with Crippen LogP contribution in [-0.4, -0.2) is 37.5 Å². The zero-order chi connectivity index (χ0) is 14.0. The van der Waals surface area contributed by atoms with E-state index in [0.29, 0.717) is 0 Å². The molecule has 19 heavy (non-hydrogen) atoms. The number of carbonyl (C=O) groups excluding carboxylic acids is 1. The van der Waals surface area contributed by atoms with Gasteiger partial charge in [0, 0.05) is 26.7 Å². The fourth-order valence-electron chi connectivity index (χ4n) is 2.46. The predicted molar refractivity (Wildman–Crippen MR) is 78.4 cm³/mol. The van der Waals surface area contributed by atoms with Gasteiger partial charge in [-0.05, 0) is 49.4 Å². The van der Waals surface area contributed by atoms with Gasteiger partial charge in [0.2, 0.25) is 5.91 Å². The Morgan fingerprint density at radius 3 is 2.53 bits per heavy atom. The molecule has 1 aromatic rings. The summed E-state index contributed by atoms with van der Waals surface area (Å²) in [5.74, 6) is 0.478. The number of hydrogen-bond donors (Lipinski definition) is 1. The van der Waals surface area contributed by atoms with Crippen molar-refractivity contribution < 1.29 is 4.79 Å². The smallest absolute Gasteiger partial charge is 0.228 e. The van der Waals surface area contributed by atoms with Crippen molar-refractivity contribution in [3.8, 4) is 0 Å². The molecule has 1 aliphatic rings. The van der Waals surface area contributed by atoms with Gasteiger partial charge in [-0.2, -0.15) is 0 Å². The molecule has 2 rings (SSSR count). The quantitative estimate of drug-likeness (QED) is 0.896. The molecule has 1 N–H and O–H groups in total. The second-order valence-corrected chi connectivity index (χ2v) is 5.66. The van der Waals surface area contributed by atoms with Crippen LogP contribution >= 0.6 is 0 Å². The van der Waals surface area contributed by atoms with E-state index >= 15 is 0 Å². The Morgan fingerprint density at radius 2 is 1.95 bits per heavy atom. The Morgan fingerprint density at radius 1 is 1.26 bits per heavy atom. The highest BCUT2D eigenvalue weighted by atomic mass is 16.2. The van der Waals surface area contributed by atoms with Crippen LogP contribution in [0, 0.1) is 26.7 Å². The van der Waals surface area contributed by atoms with Crippen molar-refractivity contribution in [2.75, 3.05) is 26.7 Å². The molecule has 0 atom stereocenters. The SMILES string of the molecule is Cc1ccc(CCN(C)C(=O)C2CNC2)c(C)c1C. The van der Waals surface area contributed by atoms with Crippen LogP contribution in [0.5, 0.6) is 0 Å². The molecule has 104 valence electrons. The lowest BCUT2D eigenvalue weighted by Crippen LogP contribution is -2.51. The molecule has 0 radical (unpaired) electrons. The van der Waals surface area contributed by atoms with Gasteiger partial charge in [-0.3, -0.25) is 4.79 Å². The first kappa shape index (κ1) is 14.1. The second-order valence-electron chi connectivity index (χ2n) is 5.66. The van der Waals surface area contributed by atoms with Crippen molar-refractivity contribution in [2.45, 2.75) is 27.2 Å². The summed E-state index contributed by atoms with van der Waals surface area (Å²) in [6.45, 7) is 8.97. The normalized spacial score (nSPS) is 15.2. The summed E-state index contributed by atoms with van der Waals surface area (Å²) in [7, 11) is 1.91. The first-order chi connectivity index (χ1) is 9.00. The summed E-state index contributed by atoms with van der Waals surface area (Å²) in [4.78, 5) is 13.9. The molecule has 3 nitrogen and oxygen atoms in total. The van der Waals surface area contributed by atoms with E-state index < -0.39 is 0 Å². The van der Waals surface area contributed by atoms with Gasteiger partial charge >= 0.3 is 0 Å². The molecule has 1 amide bonds. The molecule has 0 bridgehead atoms. The zero-order valence-corrected chi connectivity index (χ0v) is 12.4. The van der Waals surface area contributed by atoms with Gasteiger partial charge in [-0.25, -0.2) is 0 Å². The number of carbonyl (C=O) groups is 1. The average molecular weight is 260 g/mol. The van der Waals surface area contributed by atoms with Crippen LogP contribution in [-0.2, 0) is 11.2 Å². The van der Waals surface area contributed by atoms with Crippen molar-refractivity contribution in [3.05, 3.63) is 34.4 Å². The number of nitrogens with one attached hydrogen (secondary N) is 1. The molecular weight excluding hydrogens is 236 g/mol. The van der Waals surface area contributed by atoms with Crippen molar-refractivity contribution in [1.82, 2.24) is 10.2 Å². The van der Waals surface area contributed by atoms with Crippen LogP contribution in [0.1, 0.15) is 22.3 Å². The summed E-state index contributed by atoms with van der Waals surface area (Å²) < 4.78 is 0. The van der Waals surface area contributed by atoms with E-state index in [2.05, 4.69) is 38.2 Å². The highest BCUT2D eigenvalue weighted by Crippen LogP contribution is 2.18. The third kappa shape index (κ3) is 2.98. The van der Waals surface area contributed by atoms with E-state index in [1.54, 1.807) is 0 Å². The largest absolute Gasteiger partial charge is 0.345 e. The van der Waals surface area contributed by atoms with Crippen LogP contribution in [0.4, 0.5) is 0 Å². The van der Waals surface area contributed by atoms with Crippen molar-refractivity contribution in [2.24, 2.45) is 5.92 Å². The minimum atomic E-state index is 0.200. The predicted octanol–water partition coefficient (Wildman–Crippen LogP) is 1.83. The maximum Gasteiger partial charge on any atom is 0.228 e. The zero-order valence-electron chi connectivity index (χ0n) is 12.4. The molecule has 0 aliphatic carbocycles. The fraction of sp³-hybridized carbons (Fsp3) is 0.562. The average Bonchev–Trinajstić information content (AvgIpc) is 2.32. The van der Waals surface area contributed by atoms with E-state index in [9.17, 15) is 4.79 Å². The summed E-state index contributed by atoms with van der Waals surface area (Å²) in [6.07, 6.45) is 0.940. The maximum absolute atomic E-state index is 12.0. The van der Waals surface area contributed by atoms with Crippen molar-refractivity contribution in [1.29, 1.82) is 0 Å². The number of hydrogen-bond acceptors (Lipinski definition) is 2. The van der Waals surface area contributed by atoms with E-state index in [1.807, 2.05) is 11.9 Å². The molecule has 0 spiro atoms. The van der Waals surface area contributed by atoms with E-state index in [4.69, 9.17) is 0 Å². The highest BCUT2D eigenvalue weighted by molar-refractivity contribution is 5.79. The number of likely N-dealkylation sites (N-methyl/N-ethyl adjacent to an activating group) is 1. The van der Waals surface area contributed by atoms with Gasteiger partial charge in [0.15, 0.2) is 0 Å². The molecule has 0 aromatic heterocycles. The topological polar surface area (TPSA) is 32.3 Å². The highest BCUT2D eigenvalue weighted by Gasteiger charge is 2.27. The summed E-state index contributed by atoms with van der Waals surface area (Å²) in [5.41, 5.74) is 5.43. The summed E-state index contributed by atoms with van der Waals surface area (Å²) in [6, 6.07) is 4.37. The molecule has 3 heteroatoms. The van der Waals surface area contributed by atoms with Crippen LogP contribution in [0.25, 0.3) is 0 Å². The van der Waals surface area contributed by atoms with Crippen LogP contribution in [0.2, 0.25) is 0 Å². The van der Waals surface area contributed by atoms with Crippen molar-refractivity contribution in [3.63, 3.8) is 0 Å². The lowest BCUT2D eigenvalue weighted by molar-refractivity contribution is -0.135. The first-order valence-corrected chi connectivity index (χ1v) is 7.02. The van der Waals surface area contributed by atoms with Gasteiger partial charge in [-0.15, -0.1) is 0 Å². The van der Waals surface area contributed by atoms with Crippen molar-refractivity contribution >= 4 is 5.91 Å². The van der Waals surface area contributed by atoms with Gasteiger partial charge < -0.3 is 10.2 Å².